The Hall–Kier alpha value is -2.45. The van der Waals surface area contributed by atoms with Gasteiger partial charge in [-0.15, -0.1) is 0 Å². The van der Waals surface area contributed by atoms with Gasteiger partial charge in [-0.25, -0.2) is 4.79 Å². The van der Waals surface area contributed by atoms with E-state index < -0.39 is 6.10 Å². The van der Waals surface area contributed by atoms with Gasteiger partial charge in [0.1, 0.15) is 5.56 Å². The predicted octanol–water partition coefficient (Wildman–Crippen LogP) is -0.267. The molecule has 0 amide bonds. The molecular weight excluding hydrogens is 442 g/mol. The van der Waals surface area contributed by atoms with Crippen LogP contribution in [0.3, 0.4) is 0 Å². The largest absolute Gasteiger partial charge is 1.00 e. The van der Waals surface area contributed by atoms with Crippen molar-refractivity contribution >= 4 is 5.97 Å². The smallest absolute Gasteiger partial charge is 0.343 e. The first-order chi connectivity index (χ1) is 13.5. The molecule has 7 nitrogen and oxygen atoms in total. The molecule has 0 N–H and O–H groups in total. The highest BCUT2D eigenvalue weighted by atomic mass is 79.9. The molecule has 4 aliphatic heterocycles. The minimum Gasteiger partial charge on any atom is -1.00 e. The molecule has 0 saturated heterocycles. The molecule has 2 aromatic carbocycles. The molecule has 0 fully saturated rings. The maximum absolute atomic E-state index is 12.8. The molecule has 0 spiro atoms. The minimum absolute atomic E-state index is 0. The first-order valence-corrected chi connectivity index (χ1v) is 9.41. The van der Waals surface area contributed by atoms with Gasteiger partial charge in [-0.2, -0.15) is 0 Å². The molecule has 152 valence electrons. The number of rotatable bonds is 1. The summed E-state index contributed by atoms with van der Waals surface area (Å²) in [5.74, 6) is 2.28. The Morgan fingerprint density at radius 2 is 1.66 bits per heavy atom. The third-order valence-corrected chi connectivity index (χ3v) is 6.27. The third-order valence-electron chi connectivity index (χ3n) is 6.27. The SMILES string of the molecule is C[N+]1(C)CCc2cc3c(cc2[C@@H]1[C@H]1OC(=O)c2c1ccc1c2OCO1)OCO3.[Br-]. The van der Waals surface area contributed by atoms with E-state index in [1.165, 1.54) is 5.56 Å². The highest BCUT2D eigenvalue weighted by Crippen LogP contribution is 2.53. The zero-order chi connectivity index (χ0) is 19.0. The minimum atomic E-state index is -0.397. The van der Waals surface area contributed by atoms with Crippen molar-refractivity contribution < 1.29 is 49.9 Å². The molecule has 0 bridgehead atoms. The van der Waals surface area contributed by atoms with E-state index in [1.807, 2.05) is 12.1 Å². The van der Waals surface area contributed by atoms with Gasteiger partial charge >= 0.3 is 5.97 Å². The van der Waals surface area contributed by atoms with Crippen LogP contribution in [0.15, 0.2) is 24.3 Å². The van der Waals surface area contributed by atoms with E-state index in [0.29, 0.717) is 21.5 Å². The van der Waals surface area contributed by atoms with Crippen molar-refractivity contribution in [2.75, 3.05) is 34.2 Å². The first-order valence-electron chi connectivity index (χ1n) is 9.41. The number of nitrogens with zero attached hydrogens (tertiary/aromatic N) is 1. The Bertz CT molecular complexity index is 1040. The van der Waals surface area contributed by atoms with Crippen molar-refractivity contribution in [1.29, 1.82) is 0 Å². The van der Waals surface area contributed by atoms with E-state index in [9.17, 15) is 4.79 Å². The van der Waals surface area contributed by atoms with E-state index >= 15 is 0 Å². The fourth-order valence-corrected chi connectivity index (χ4v) is 4.85. The summed E-state index contributed by atoms with van der Waals surface area (Å²) in [7, 11) is 4.36. The number of benzene rings is 2. The van der Waals surface area contributed by atoms with Gasteiger partial charge in [0.15, 0.2) is 35.1 Å². The van der Waals surface area contributed by atoms with Crippen LogP contribution in [0, 0.1) is 0 Å². The number of hydrogen-bond acceptors (Lipinski definition) is 6. The lowest BCUT2D eigenvalue weighted by Crippen LogP contribution is -3.00. The fourth-order valence-electron chi connectivity index (χ4n) is 4.85. The maximum Gasteiger partial charge on any atom is 0.343 e. The van der Waals surface area contributed by atoms with Crippen molar-refractivity contribution in [3.8, 4) is 23.0 Å². The highest BCUT2D eigenvalue weighted by molar-refractivity contribution is 5.98. The van der Waals surface area contributed by atoms with E-state index in [2.05, 4.69) is 26.2 Å². The fraction of sp³-hybridized carbons (Fsp3) is 0.381. The predicted molar refractivity (Wildman–Crippen MR) is 96.7 cm³/mol. The molecule has 2 atom stereocenters. The summed E-state index contributed by atoms with van der Waals surface area (Å²) in [4.78, 5) is 12.8. The molecule has 4 aliphatic rings. The second-order valence-electron chi connectivity index (χ2n) is 8.19. The summed E-state index contributed by atoms with van der Waals surface area (Å²) < 4.78 is 28.8. The number of hydrogen-bond donors (Lipinski definition) is 0. The Balaban J connectivity index is 0.00000181. The molecule has 2 aromatic rings. The quantitative estimate of drug-likeness (QED) is 0.430. The van der Waals surface area contributed by atoms with Crippen molar-refractivity contribution in [2.45, 2.75) is 18.6 Å². The van der Waals surface area contributed by atoms with Gasteiger partial charge in [-0.3, -0.25) is 0 Å². The van der Waals surface area contributed by atoms with E-state index in [0.717, 1.165) is 35.6 Å². The van der Waals surface area contributed by atoms with E-state index in [1.54, 1.807) is 0 Å². The average Bonchev–Trinajstić information content (AvgIpc) is 3.37. The third kappa shape index (κ3) is 2.55. The Labute approximate surface area is 178 Å². The number of quaternary nitrogens is 1. The summed E-state index contributed by atoms with van der Waals surface area (Å²) in [6, 6.07) is 7.87. The van der Waals surface area contributed by atoms with E-state index in [-0.39, 0.29) is 42.6 Å². The Morgan fingerprint density at radius 1 is 0.931 bits per heavy atom. The van der Waals surface area contributed by atoms with Gasteiger partial charge in [0.2, 0.25) is 13.6 Å². The summed E-state index contributed by atoms with van der Waals surface area (Å²) in [6.07, 6.45) is 0.538. The van der Waals surface area contributed by atoms with Gasteiger partial charge in [0, 0.05) is 17.5 Å². The summed E-state index contributed by atoms with van der Waals surface area (Å²) in [6.45, 7) is 1.30. The van der Waals surface area contributed by atoms with Crippen LogP contribution in [-0.4, -0.2) is 44.7 Å². The van der Waals surface area contributed by atoms with Crippen LogP contribution < -0.4 is 35.9 Å². The number of carbonyl (C=O) groups is 1. The van der Waals surface area contributed by atoms with Crippen molar-refractivity contribution in [2.24, 2.45) is 0 Å². The number of cyclic esters (lactones) is 1. The summed E-state index contributed by atoms with van der Waals surface area (Å²) in [5.41, 5.74) is 3.71. The summed E-state index contributed by atoms with van der Waals surface area (Å²) >= 11 is 0. The van der Waals surface area contributed by atoms with Crippen LogP contribution in [0.5, 0.6) is 23.0 Å². The lowest BCUT2D eigenvalue weighted by Gasteiger charge is -2.44. The van der Waals surface area contributed by atoms with Gasteiger partial charge in [0.25, 0.3) is 0 Å². The van der Waals surface area contributed by atoms with Crippen molar-refractivity contribution in [1.82, 2.24) is 0 Å². The van der Waals surface area contributed by atoms with Gasteiger partial charge in [-0.1, -0.05) is 6.07 Å². The van der Waals surface area contributed by atoms with Crippen LogP contribution >= 0.6 is 0 Å². The number of halogens is 1. The molecule has 4 heterocycles. The van der Waals surface area contributed by atoms with Crippen LogP contribution in [0.25, 0.3) is 0 Å². The van der Waals surface area contributed by atoms with Crippen LogP contribution in [0.2, 0.25) is 0 Å². The van der Waals surface area contributed by atoms with Crippen LogP contribution in [-0.2, 0) is 11.2 Å². The standard InChI is InChI=1S/C21H20NO6.BrH/c1-22(2)6-5-11-7-15-16(26-9-25-15)8-13(11)18(22)19-12-3-4-14-20(27-10-24-14)17(12)21(23)28-19;/h3-4,7-8,18-19H,5-6,9-10H2,1-2H3;1H/q+1;/p-1/t18-,19+;/m1./s1. The zero-order valence-electron chi connectivity index (χ0n) is 16.1. The number of esters is 1. The summed E-state index contributed by atoms with van der Waals surface area (Å²) in [5, 5.41) is 0. The molecule has 0 aromatic heterocycles. The molecule has 0 unspecified atom stereocenters. The van der Waals surface area contributed by atoms with Gasteiger partial charge in [0.05, 0.1) is 20.6 Å². The monoisotopic (exact) mass is 461 g/mol. The van der Waals surface area contributed by atoms with Crippen molar-refractivity contribution in [3.05, 3.63) is 46.5 Å². The highest BCUT2D eigenvalue weighted by Gasteiger charge is 2.50. The zero-order valence-corrected chi connectivity index (χ0v) is 17.7. The topological polar surface area (TPSA) is 63.2 Å². The molecule has 0 radical (unpaired) electrons. The van der Waals surface area contributed by atoms with Crippen LogP contribution in [0.4, 0.5) is 0 Å². The second-order valence-corrected chi connectivity index (χ2v) is 8.19. The van der Waals surface area contributed by atoms with Crippen LogP contribution in [0.1, 0.15) is 39.2 Å². The lowest BCUT2D eigenvalue weighted by molar-refractivity contribution is -0.927. The number of likely N-dealkylation sites (N-methyl/N-ethyl adjacent to an activating group) is 1. The van der Waals surface area contributed by atoms with Gasteiger partial charge in [-0.05, 0) is 23.8 Å². The lowest BCUT2D eigenvalue weighted by atomic mass is 9.84. The molecule has 29 heavy (non-hydrogen) atoms. The molecule has 0 saturated carbocycles. The van der Waals surface area contributed by atoms with E-state index in [4.69, 9.17) is 23.7 Å². The first kappa shape index (κ1) is 18.6. The van der Waals surface area contributed by atoms with Crippen molar-refractivity contribution in [3.63, 3.8) is 0 Å². The van der Waals surface area contributed by atoms with Gasteiger partial charge < -0.3 is 45.1 Å². The molecule has 0 aliphatic carbocycles. The normalized spacial score (nSPS) is 24.4. The number of fused-ring (bicyclic) bond motifs is 5. The molecular formula is C21H20BrNO6. The molecule has 8 heteroatoms. The average molecular weight is 462 g/mol. The Kier molecular flexibility index (Phi) is 4.02. The number of carbonyl (C=O) groups excluding carboxylic acids is 1. The molecule has 6 rings (SSSR count). The maximum atomic E-state index is 12.8. The number of ether oxygens (including phenoxy) is 5. The second kappa shape index (κ2) is 6.27. The Morgan fingerprint density at radius 3 is 2.48 bits per heavy atom.